The fourth-order valence-corrected chi connectivity index (χ4v) is 3.91. The largest absolute Gasteiger partial charge is 0.492 e. The minimum absolute atomic E-state index is 0.183. The van der Waals surface area contributed by atoms with E-state index in [0.29, 0.717) is 32.8 Å². The molecule has 1 aliphatic rings. The molecule has 4 rings (SSSR count). The summed E-state index contributed by atoms with van der Waals surface area (Å²) in [6.45, 7) is 8.26. The van der Waals surface area contributed by atoms with Crippen molar-refractivity contribution in [3.8, 4) is 11.5 Å². The van der Waals surface area contributed by atoms with Crippen LogP contribution in [0.25, 0.3) is 0 Å². The third-order valence-electron chi connectivity index (χ3n) is 5.63. The molecule has 0 unspecified atom stereocenters. The maximum Gasteiger partial charge on any atom is 0.134 e. The van der Waals surface area contributed by atoms with Crippen molar-refractivity contribution >= 4 is 0 Å². The summed E-state index contributed by atoms with van der Waals surface area (Å²) in [5.41, 5.74) is 2.37. The number of β-amino-alcohol motifs (C(OH)–C–C–N with tert-alkyl or cyclic N) is 1. The van der Waals surface area contributed by atoms with Crippen molar-refractivity contribution in [2.75, 3.05) is 39.5 Å². The average Bonchev–Trinajstić information content (AvgIpc) is 3.12. The Morgan fingerprint density at radius 3 is 2.70 bits per heavy atom. The first kappa shape index (κ1) is 23.3. The van der Waals surface area contributed by atoms with E-state index >= 15 is 0 Å². The van der Waals surface area contributed by atoms with E-state index in [2.05, 4.69) is 22.1 Å². The second-order valence-corrected chi connectivity index (χ2v) is 8.87. The Balaban J connectivity index is 1.31. The molecule has 1 aromatic heterocycles. The predicted molar refractivity (Wildman–Crippen MR) is 127 cm³/mol. The van der Waals surface area contributed by atoms with Gasteiger partial charge in [-0.25, -0.2) is 0 Å². The van der Waals surface area contributed by atoms with Gasteiger partial charge < -0.3 is 19.3 Å². The quantitative estimate of drug-likeness (QED) is 0.539. The second kappa shape index (κ2) is 10.8. The summed E-state index contributed by atoms with van der Waals surface area (Å²) < 4.78 is 19.4. The Bertz CT molecular complexity index is 1020. The average molecular weight is 452 g/mol. The van der Waals surface area contributed by atoms with Gasteiger partial charge >= 0.3 is 0 Å². The van der Waals surface area contributed by atoms with Crippen LogP contribution < -0.4 is 9.47 Å². The molecule has 1 saturated heterocycles. The van der Waals surface area contributed by atoms with Gasteiger partial charge in [-0.15, -0.1) is 0 Å². The first-order chi connectivity index (χ1) is 16.0. The predicted octanol–water partition coefficient (Wildman–Crippen LogP) is 3.22. The Morgan fingerprint density at radius 2 is 1.91 bits per heavy atom. The molecule has 1 aliphatic heterocycles. The number of rotatable bonds is 9. The smallest absolute Gasteiger partial charge is 0.134 e. The number of hydrogen-bond acceptors (Lipinski definition) is 6. The molecule has 2 heterocycles. The fourth-order valence-electron chi connectivity index (χ4n) is 3.91. The highest BCUT2D eigenvalue weighted by Crippen LogP contribution is 2.20. The first-order valence-corrected chi connectivity index (χ1v) is 11.4. The number of hydrogen-bond donors (Lipinski definition) is 1. The van der Waals surface area contributed by atoms with Gasteiger partial charge in [-0.1, -0.05) is 29.8 Å². The van der Waals surface area contributed by atoms with Crippen LogP contribution in [0.2, 0.25) is 0 Å². The lowest BCUT2D eigenvalue weighted by molar-refractivity contribution is -0.0646. The van der Waals surface area contributed by atoms with Crippen molar-refractivity contribution in [1.29, 1.82) is 0 Å². The highest BCUT2D eigenvalue weighted by Gasteiger charge is 2.33. The third-order valence-corrected chi connectivity index (χ3v) is 5.63. The highest BCUT2D eigenvalue weighted by molar-refractivity contribution is 5.29. The summed E-state index contributed by atoms with van der Waals surface area (Å²) in [5, 5.41) is 15.5. The molecule has 0 spiro atoms. The van der Waals surface area contributed by atoms with Crippen LogP contribution in [-0.2, 0) is 17.8 Å². The summed E-state index contributed by atoms with van der Waals surface area (Å²) in [6, 6.07) is 16.0. The zero-order valence-electron chi connectivity index (χ0n) is 19.4. The molecule has 0 amide bonds. The van der Waals surface area contributed by atoms with E-state index in [1.807, 2.05) is 67.3 Å². The van der Waals surface area contributed by atoms with Gasteiger partial charge in [-0.3, -0.25) is 9.58 Å². The zero-order valence-corrected chi connectivity index (χ0v) is 19.4. The van der Waals surface area contributed by atoms with E-state index in [4.69, 9.17) is 14.2 Å². The van der Waals surface area contributed by atoms with Crippen molar-refractivity contribution in [3.63, 3.8) is 0 Å². The Kier molecular flexibility index (Phi) is 7.65. The van der Waals surface area contributed by atoms with Crippen LogP contribution in [0, 0.1) is 13.8 Å². The maximum atomic E-state index is 11.2. The first-order valence-electron chi connectivity index (χ1n) is 11.4. The third kappa shape index (κ3) is 7.05. The standard InChI is InChI=1S/C26H33N3O4/c1-21-6-8-24(9-7-21)33-20-26(30)18-28(10-12-31-19-26)17-23-4-3-5-25(14-23)32-13-11-29-16-22(2)15-27-29/h3-9,14-16,30H,10-13,17-20H2,1-2H3/t26-/m1/s1. The highest BCUT2D eigenvalue weighted by atomic mass is 16.5. The zero-order chi connectivity index (χ0) is 23.1. The van der Waals surface area contributed by atoms with Crippen molar-refractivity contribution in [2.45, 2.75) is 32.5 Å². The molecule has 0 aliphatic carbocycles. The SMILES string of the molecule is Cc1ccc(OC[C@]2(O)COCCN(Cc3cccc(OCCn4cc(C)cn4)c3)C2)cc1. The Labute approximate surface area is 195 Å². The van der Waals surface area contributed by atoms with Crippen LogP contribution in [0.4, 0.5) is 0 Å². The molecule has 3 aromatic rings. The minimum atomic E-state index is -1.07. The van der Waals surface area contributed by atoms with Gasteiger partial charge in [0.1, 0.15) is 30.3 Å². The summed E-state index contributed by atoms with van der Waals surface area (Å²) in [4.78, 5) is 2.21. The molecule has 0 bridgehead atoms. The van der Waals surface area contributed by atoms with E-state index in [-0.39, 0.29) is 13.2 Å². The van der Waals surface area contributed by atoms with Gasteiger partial charge in [0.2, 0.25) is 0 Å². The van der Waals surface area contributed by atoms with Gasteiger partial charge in [-0.05, 0) is 49.2 Å². The lowest BCUT2D eigenvalue weighted by Gasteiger charge is -2.30. The van der Waals surface area contributed by atoms with Crippen molar-refractivity contribution in [2.24, 2.45) is 0 Å². The molecule has 7 heteroatoms. The maximum absolute atomic E-state index is 11.2. The van der Waals surface area contributed by atoms with E-state index < -0.39 is 5.60 Å². The number of nitrogens with zero attached hydrogens (tertiary/aromatic N) is 3. The molecule has 1 atom stereocenters. The molecule has 33 heavy (non-hydrogen) atoms. The Morgan fingerprint density at radius 1 is 1.06 bits per heavy atom. The van der Waals surface area contributed by atoms with Crippen LogP contribution in [0.1, 0.15) is 16.7 Å². The molecule has 2 aromatic carbocycles. The summed E-state index contributed by atoms with van der Waals surface area (Å²) in [6.07, 6.45) is 3.85. The van der Waals surface area contributed by atoms with Crippen LogP contribution in [-0.4, -0.2) is 64.9 Å². The molecule has 1 N–H and O–H groups in total. The van der Waals surface area contributed by atoms with Gasteiger partial charge in [-0.2, -0.15) is 5.10 Å². The monoisotopic (exact) mass is 451 g/mol. The van der Waals surface area contributed by atoms with Crippen molar-refractivity contribution in [1.82, 2.24) is 14.7 Å². The minimum Gasteiger partial charge on any atom is -0.492 e. The molecular weight excluding hydrogens is 418 g/mol. The topological polar surface area (TPSA) is 69.0 Å². The van der Waals surface area contributed by atoms with E-state index in [1.54, 1.807) is 0 Å². The van der Waals surface area contributed by atoms with Gasteiger partial charge in [0.25, 0.3) is 0 Å². The number of aliphatic hydroxyl groups is 1. The second-order valence-electron chi connectivity index (χ2n) is 8.87. The van der Waals surface area contributed by atoms with Crippen LogP contribution >= 0.6 is 0 Å². The normalized spacial score (nSPS) is 19.2. The van der Waals surface area contributed by atoms with Crippen molar-refractivity contribution < 1.29 is 19.3 Å². The molecule has 1 fully saturated rings. The number of aromatic nitrogens is 2. The van der Waals surface area contributed by atoms with Crippen LogP contribution in [0.5, 0.6) is 11.5 Å². The Hall–Kier alpha value is -2.87. The lowest BCUT2D eigenvalue weighted by Crippen LogP contribution is -2.48. The van der Waals surface area contributed by atoms with Crippen LogP contribution in [0.15, 0.2) is 60.9 Å². The summed E-state index contributed by atoms with van der Waals surface area (Å²) >= 11 is 0. The fraction of sp³-hybridized carbons (Fsp3) is 0.423. The van der Waals surface area contributed by atoms with Crippen LogP contribution in [0.3, 0.4) is 0 Å². The molecule has 0 saturated carbocycles. The van der Waals surface area contributed by atoms with E-state index in [9.17, 15) is 5.11 Å². The summed E-state index contributed by atoms with van der Waals surface area (Å²) in [7, 11) is 0. The van der Waals surface area contributed by atoms with E-state index in [1.165, 1.54) is 5.56 Å². The van der Waals surface area contributed by atoms with Gasteiger partial charge in [0.15, 0.2) is 0 Å². The molecule has 176 valence electrons. The van der Waals surface area contributed by atoms with Crippen molar-refractivity contribution in [3.05, 3.63) is 77.6 Å². The van der Waals surface area contributed by atoms with Gasteiger partial charge in [0, 0.05) is 25.8 Å². The molecular formula is C26H33N3O4. The van der Waals surface area contributed by atoms with Gasteiger partial charge in [0.05, 0.1) is 26.0 Å². The number of benzene rings is 2. The lowest BCUT2D eigenvalue weighted by atomic mass is 10.1. The van der Waals surface area contributed by atoms with E-state index in [0.717, 1.165) is 29.2 Å². The molecule has 7 nitrogen and oxygen atoms in total. The number of ether oxygens (including phenoxy) is 3. The molecule has 0 radical (unpaired) electrons. The summed E-state index contributed by atoms with van der Waals surface area (Å²) in [5.74, 6) is 1.58. The number of aryl methyl sites for hydroxylation is 2.